The zero-order chi connectivity index (χ0) is 14.7. The summed E-state index contributed by atoms with van der Waals surface area (Å²) < 4.78 is 5.64. The summed E-state index contributed by atoms with van der Waals surface area (Å²) in [5, 5.41) is 4.32. The second-order valence-corrected chi connectivity index (χ2v) is 5.06. The van der Waals surface area contributed by atoms with Crippen LogP contribution >= 0.6 is 0 Å². The van der Waals surface area contributed by atoms with E-state index in [0.29, 0.717) is 0 Å². The van der Waals surface area contributed by atoms with E-state index in [1.807, 2.05) is 62.4 Å². The average Bonchev–Trinajstić information content (AvgIpc) is 2.49. The molecule has 114 valence electrons. The van der Waals surface area contributed by atoms with Crippen LogP contribution in [0.5, 0.6) is 5.75 Å². The van der Waals surface area contributed by atoms with Gasteiger partial charge < -0.3 is 22.5 Å². The molecule has 0 saturated heterocycles. The fourth-order valence-electron chi connectivity index (χ4n) is 2.13. The van der Waals surface area contributed by atoms with Crippen molar-refractivity contribution in [3.8, 4) is 5.75 Å². The molecule has 2 aromatic carbocycles. The zero-order valence-corrected chi connectivity index (χ0v) is 13.2. The van der Waals surface area contributed by atoms with E-state index in [9.17, 15) is 0 Å². The van der Waals surface area contributed by atoms with Gasteiger partial charge in [0, 0.05) is 11.1 Å². The highest BCUT2D eigenvalue weighted by Crippen LogP contribution is 2.24. The molecule has 0 spiro atoms. The van der Waals surface area contributed by atoms with Crippen molar-refractivity contribution in [2.45, 2.75) is 20.0 Å². The maximum Gasteiger partial charge on any atom is 0.141 e. The number of nitrogens with zero attached hydrogens (tertiary/aromatic N) is 2. The molecule has 0 amide bonds. The van der Waals surface area contributed by atoms with Crippen LogP contribution in [-0.2, 0) is 0 Å². The Morgan fingerprint density at radius 2 is 1.68 bits per heavy atom. The van der Waals surface area contributed by atoms with Crippen LogP contribution in [-0.4, -0.2) is 16.1 Å². The lowest BCUT2D eigenvalue weighted by atomic mass is 10.2. The van der Waals surface area contributed by atoms with Crippen LogP contribution in [0.25, 0.3) is 10.9 Å². The maximum absolute atomic E-state index is 5.64. The second kappa shape index (κ2) is 7.09. The van der Waals surface area contributed by atoms with Crippen LogP contribution in [0.4, 0.5) is 11.5 Å². The summed E-state index contributed by atoms with van der Waals surface area (Å²) in [5.74, 6) is 1.67. The molecule has 0 saturated carbocycles. The first-order valence-corrected chi connectivity index (χ1v) is 6.96. The van der Waals surface area contributed by atoms with E-state index < -0.39 is 0 Å². The molecular formula is C17H17ClN3O-. The molecule has 1 aromatic heterocycles. The van der Waals surface area contributed by atoms with Crippen LogP contribution in [0.3, 0.4) is 0 Å². The number of hydrogen-bond acceptors (Lipinski definition) is 4. The highest BCUT2D eigenvalue weighted by Gasteiger charge is 2.04. The first kappa shape index (κ1) is 16.0. The summed E-state index contributed by atoms with van der Waals surface area (Å²) in [6.45, 7) is 4.03. The number of anilines is 2. The Labute approximate surface area is 136 Å². The van der Waals surface area contributed by atoms with Crippen molar-refractivity contribution in [3.63, 3.8) is 0 Å². The lowest BCUT2D eigenvalue weighted by molar-refractivity contribution is -0.00000561. The van der Waals surface area contributed by atoms with Gasteiger partial charge in [-0.05, 0) is 50.2 Å². The molecule has 0 atom stereocenters. The van der Waals surface area contributed by atoms with E-state index in [1.54, 1.807) is 6.33 Å². The maximum atomic E-state index is 5.64. The smallest absolute Gasteiger partial charge is 0.141 e. The Morgan fingerprint density at radius 3 is 2.41 bits per heavy atom. The van der Waals surface area contributed by atoms with Gasteiger partial charge in [-0.1, -0.05) is 12.1 Å². The quantitative estimate of drug-likeness (QED) is 0.785. The monoisotopic (exact) mass is 314 g/mol. The van der Waals surface area contributed by atoms with E-state index in [4.69, 9.17) is 4.74 Å². The second-order valence-electron chi connectivity index (χ2n) is 5.06. The summed E-state index contributed by atoms with van der Waals surface area (Å²) in [6, 6.07) is 15.8. The molecule has 1 N–H and O–H groups in total. The minimum absolute atomic E-state index is 0. The van der Waals surface area contributed by atoms with Gasteiger partial charge in [0.2, 0.25) is 0 Å². The summed E-state index contributed by atoms with van der Waals surface area (Å²) >= 11 is 0. The third-order valence-corrected chi connectivity index (χ3v) is 3.03. The first-order valence-electron chi connectivity index (χ1n) is 6.96. The molecule has 0 fully saturated rings. The lowest BCUT2D eigenvalue weighted by Crippen LogP contribution is -3.00. The van der Waals surface area contributed by atoms with Crippen LogP contribution < -0.4 is 22.5 Å². The van der Waals surface area contributed by atoms with Crippen molar-refractivity contribution in [3.05, 3.63) is 54.9 Å². The van der Waals surface area contributed by atoms with E-state index >= 15 is 0 Å². The summed E-state index contributed by atoms with van der Waals surface area (Å²) in [7, 11) is 0. The number of benzene rings is 2. The number of aromatic nitrogens is 2. The van der Waals surface area contributed by atoms with Crippen LogP contribution in [0, 0.1) is 0 Å². The highest BCUT2D eigenvalue weighted by atomic mass is 35.5. The van der Waals surface area contributed by atoms with Gasteiger partial charge in [0.05, 0.1) is 11.6 Å². The third-order valence-electron chi connectivity index (χ3n) is 3.03. The molecule has 0 aliphatic carbocycles. The number of fused-ring (bicyclic) bond motifs is 1. The summed E-state index contributed by atoms with van der Waals surface area (Å²) in [6.07, 6.45) is 1.75. The molecule has 0 aliphatic heterocycles. The minimum atomic E-state index is 0. The predicted octanol–water partition coefficient (Wildman–Crippen LogP) is 1.16. The van der Waals surface area contributed by atoms with E-state index in [-0.39, 0.29) is 18.5 Å². The number of halogens is 1. The van der Waals surface area contributed by atoms with Crippen molar-refractivity contribution in [1.82, 2.24) is 9.97 Å². The molecule has 4 nitrogen and oxygen atoms in total. The molecular weight excluding hydrogens is 298 g/mol. The first-order chi connectivity index (χ1) is 10.2. The van der Waals surface area contributed by atoms with Gasteiger partial charge in [0.15, 0.2) is 0 Å². The van der Waals surface area contributed by atoms with Crippen LogP contribution in [0.2, 0.25) is 0 Å². The summed E-state index contributed by atoms with van der Waals surface area (Å²) in [5.41, 5.74) is 1.89. The Balaban J connectivity index is 0.00000176. The molecule has 0 bridgehead atoms. The third kappa shape index (κ3) is 3.65. The minimum Gasteiger partial charge on any atom is -1.00 e. The fourth-order valence-corrected chi connectivity index (χ4v) is 2.13. The van der Waals surface area contributed by atoms with Crippen molar-refractivity contribution in [2.24, 2.45) is 0 Å². The number of hydrogen-bond donors (Lipinski definition) is 1. The molecule has 1 heterocycles. The van der Waals surface area contributed by atoms with E-state index in [0.717, 1.165) is 28.2 Å². The molecule has 22 heavy (non-hydrogen) atoms. The Hall–Kier alpha value is -2.33. The lowest BCUT2D eigenvalue weighted by Gasteiger charge is -2.11. The standard InChI is InChI=1S/C17H17N3O.ClH/c1-12(2)21-14-9-7-13(8-10-14)20-17-15-5-3-4-6-16(15)18-11-19-17;/h3-12H,1-2H3,(H,18,19,20);1H/p-1. The van der Waals surface area contributed by atoms with Gasteiger partial charge in [-0.3, -0.25) is 0 Å². The van der Waals surface area contributed by atoms with Gasteiger partial charge in [-0.25, -0.2) is 9.97 Å². The SMILES string of the molecule is CC(C)Oc1ccc(Nc2ncnc3ccccc23)cc1.[Cl-]. The number of nitrogens with one attached hydrogen (secondary N) is 1. The largest absolute Gasteiger partial charge is 1.00 e. The molecule has 3 aromatic rings. The molecule has 5 heteroatoms. The summed E-state index contributed by atoms with van der Waals surface area (Å²) in [4.78, 5) is 8.58. The average molecular weight is 315 g/mol. The van der Waals surface area contributed by atoms with Crippen molar-refractivity contribution in [1.29, 1.82) is 0 Å². The molecule has 0 radical (unpaired) electrons. The van der Waals surface area contributed by atoms with Gasteiger partial charge >= 0.3 is 0 Å². The van der Waals surface area contributed by atoms with Gasteiger partial charge in [-0.2, -0.15) is 0 Å². The Morgan fingerprint density at radius 1 is 0.955 bits per heavy atom. The topological polar surface area (TPSA) is 47.0 Å². The predicted molar refractivity (Wildman–Crippen MR) is 85.0 cm³/mol. The number of rotatable bonds is 4. The fraction of sp³-hybridized carbons (Fsp3) is 0.176. The van der Waals surface area contributed by atoms with Gasteiger partial charge in [0.25, 0.3) is 0 Å². The highest BCUT2D eigenvalue weighted by molar-refractivity contribution is 5.90. The Bertz CT molecular complexity index is 739. The molecule has 0 unspecified atom stereocenters. The Kier molecular flexibility index (Phi) is 5.17. The zero-order valence-electron chi connectivity index (χ0n) is 12.5. The number of ether oxygens (including phenoxy) is 1. The van der Waals surface area contributed by atoms with E-state index in [1.165, 1.54) is 0 Å². The molecule has 0 aliphatic rings. The van der Waals surface area contributed by atoms with Gasteiger partial charge in [-0.15, -0.1) is 0 Å². The van der Waals surface area contributed by atoms with E-state index in [2.05, 4.69) is 15.3 Å². The normalized spacial score (nSPS) is 10.3. The number of para-hydroxylation sites is 1. The van der Waals surface area contributed by atoms with Crippen molar-refractivity contribution >= 4 is 22.4 Å². The van der Waals surface area contributed by atoms with Gasteiger partial charge in [0.1, 0.15) is 17.9 Å². The van der Waals surface area contributed by atoms with Crippen LogP contribution in [0.1, 0.15) is 13.8 Å². The van der Waals surface area contributed by atoms with Crippen molar-refractivity contribution < 1.29 is 17.1 Å². The van der Waals surface area contributed by atoms with Crippen molar-refractivity contribution in [2.75, 3.05) is 5.32 Å². The molecule has 3 rings (SSSR count). The van der Waals surface area contributed by atoms with Crippen LogP contribution in [0.15, 0.2) is 54.9 Å².